The largest absolute Gasteiger partial charge is 0.330 e. The molecule has 0 aliphatic heterocycles. The van der Waals surface area contributed by atoms with Crippen LogP contribution >= 0.6 is 0 Å². The third kappa shape index (κ3) is 2.62. The SMILES string of the molecule is CCn1nc(CC(C)=CCCN)c2ccccc21. The zero-order chi connectivity index (χ0) is 13.0. The van der Waals surface area contributed by atoms with Crippen molar-refractivity contribution in [1.82, 2.24) is 9.78 Å². The highest BCUT2D eigenvalue weighted by Crippen LogP contribution is 2.20. The van der Waals surface area contributed by atoms with Crippen LogP contribution in [-0.4, -0.2) is 16.3 Å². The first-order valence-corrected chi connectivity index (χ1v) is 6.56. The maximum atomic E-state index is 5.52. The zero-order valence-corrected chi connectivity index (χ0v) is 11.2. The fourth-order valence-electron chi connectivity index (χ4n) is 2.23. The molecule has 3 nitrogen and oxygen atoms in total. The van der Waals surface area contributed by atoms with E-state index in [0.717, 1.165) is 19.4 Å². The van der Waals surface area contributed by atoms with Gasteiger partial charge >= 0.3 is 0 Å². The van der Waals surface area contributed by atoms with Gasteiger partial charge in [0.2, 0.25) is 0 Å². The summed E-state index contributed by atoms with van der Waals surface area (Å²) in [6.07, 6.45) is 4.06. The van der Waals surface area contributed by atoms with Crippen LogP contribution in [0.15, 0.2) is 35.9 Å². The Hall–Kier alpha value is -1.61. The van der Waals surface area contributed by atoms with Gasteiger partial charge in [-0.25, -0.2) is 0 Å². The Morgan fingerprint density at radius 1 is 1.39 bits per heavy atom. The van der Waals surface area contributed by atoms with E-state index in [1.165, 1.54) is 22.2 Å². The molecule has 0 unspecified atom stereocenters. The molecule has 2 rings (SSSR count). The molecule has 0 saturated heterocycles. The average Bonchev–Trinajstić information content (AvgIpc) is 2.75. The van der Waals surface area contributed by atoms with E-state index in [0.29, 0.717) is 6.54 Å². The molecule has 1 aromatic heterocycles. The molecule has 0 aliphatic carbocycles. The maximum absolute atomic E-state index is 5.52. The molecular formula is C15H21N3. The van der Waals surface area contributed by atoms with E-state index in [1.807, 2.05) is 0 Å². The van der Waals surface area contributed by atoms with Crippen molar-refractivity contribution in [1.29, 1.82) is 0 Å². The lowest BCUT2D eigenvalue weighted by atomic mass is 10.1. The van der Waals surface area contributed by atoms with Gasteiger partial charge in [-0.1, -0.05) is 29.8 Å². The lowest BCUT2D eigenvalue weighted by molar-refractivity contribution is 0.671. The van der Waals surface area contributed by atoms with E-state index < -0.39 is 0 Å². The maximum Gasteiger partial charge on any atom is 0.0743 e. The molecule has 96 valence electrons. The second-order valence-electron chi connectivity index (χ2n) is 4.58. The molecule has 0 fully saturated rings. The Morgan fingerprint density at radius 3 is 2.89 bits per heavy atom. The Morgan fingerprint density at radius 2 is 2.17 bits per heavy atom. The van der Waals surface area contributed by atoms with Crippen LogP contribution in [-0.2, 0) is 13.0 Å². The monoisotopic (exact) mass is 243 g/mol. The van der Waals surface area contributed by atoms with Crippen LogP contribution in [0.5, 0.6) is 0 Å². The van der Waals surface area contributed by atoms with E-state index in [2.05, 4.69) is 48.9 Å². The molecule has 1 aromatic carbocycles. The molecule has 0 amide bonds. The number of rotatable bonds is 5. The fourth-order valence-corrected chi connectivity index (χ4v) is 2.23. The van der Waals surface area contributed by atoms with Crippen LogP contribution in [0.1, 0.15) is 26.0 Å². The number of hydrogen-bond donors (Lipinski definition) is 1. The van der Waals surface area contributed by atoms with Crippen molar-refractivity contribution in [2.75, 3.05) is 6.54 Å². The molecule has 0 bridgehead atoms. The summed E-state index contributed by atoms with van der Waals surface area (Å²) in [6, 6.07) is 8.43. The summed E-state index contributed by atoms with van der Waals surface area (Å²) >= 11 is 0. The first kappa shape index (κ1) is 12.8. The van der Waals surface area contributed by atoms with Crippen molar-refractivity contribution < 1.29 is 0 Å². The molecule has 0 aliphatic rings. The predicted molar refractivity (Wildman–Crippen MR) is 76.5 cm³/mol. The number of fused-ring (bicyclic) bond motifs is 1. The van der Waals surface area contributed by atoms with Crippen molar-refractivity contribution in [2.24, 2.45) is 5.73 Å². The Balaban J connectivity index is 2.33. The zero-order valence-electron chi connectivity index (χ0n) is 11.2. The van der Waals surface area contributed by atoms with E-state index in [4.69, 9.17) is 10.8 Å². The Bertz CT molecular complexity index is 552. The highest BCUT2D eigenvalue weighted by atomic mass is 15.3. The van der Waals surface area contributed by atoms with Gasteiger partial charge < -0.3 is 5.73 Å². The number of nitrogens with zero attached hydrogens (tertiary/aromatic N) is 2. The number of aromatic nitrogens is 2. The molecule has 0 spiro atoms. The van der Waals surface area contributed by atoms with Crippen LogP contribution in [0, 0.1) is 0 Å². The summed E-state index contributed by atoms with van der Waals surface area (Å²) in [4.78, 5) is 0. The van der Waals surface area contributed by atoms with E-state index in [-0.39, 0.29) is 0 Å². The fraction of sp³-hybridized carbons (Fsp3) is 0.400. The minimum atomic E-state index is 0.710. The van der Waals surface area contributed by atoms with E-state index in [1.54, 1.807) is 0 Å². The number of aryl methyl sites for hydroxylation is 1. The van der Waals surface area contributed by atoms with Gasteiger partial charge in [-0.2, -0.15) is 5.10 Å². The Labute approximate surface area is 108 Å². The number of allylic oxidation sites excluding steroid dienone is 1. The molecule has 1 heterocycles. The normalized spacial score (nSPS) is 12.3. The summed E-state index contributed by atoms with van der Waals surface area (Å²) in [7, 11) is 0. The standard InChI is InChI=1S/C15H21N3/c1-3-18-15-9-5-4-8-13(15)14(17-18)11-12(2)7-6-10-16/h4-5,7-9H,3,6,10-11,16H2,1-2H3. The first-order chi connectivity index (χ1) is 8.76. The second-order valence-corrected chi connectivity index (χ2v) is 4.58. The highest BCUT2D eigenvalue weighted by Gasteiger charge is 2.08. The molecule has 3 heteroatoms. The Kier molecular flexibility index (Phi) is 4.15. The van der Waals surface area contributed by atoms with Crippen molar-refractivity contribution in [2.45, 2.75) is 33.2 Å². The second kappa shape index (κ2) is 5.83. The summed E-state index contributed by atoms with van der Waals surface area (Å²) in [6.45, 7) is 5.89. The van der Waals surface area contributed by atoms with Crippen LogP contribution in [0.25, 0.3) is 10.9 Å². The van der Waals surface area contributed by atoms with E-state index >= 15 is 0 Å². The van der Waals surface area contributed by atoms with Crippen LogP contribution in [0.3, 0.4) is 0 Å². The lowest BCUT2D eigenvalue weighted by Crippen LogP contribution is -1.98. The molecule has 0 saturated carbocycles. The summed E-state index contributed by atoms with van der Waals surface area (Å²) in [5, 5.41) is 5.96. The third-order valence-corrected chi connectivity index (χ3v) is 3.14. The van der Waals surface area contributed by atoms with E-state index in [9.17, 15) is 0 Å². The van der Waals surface area contributed by atoms with Crippen LogP contribution in [0.2, 0.25) is 0 Å². The van der Waals surface area contributed by atoms with Gasteiger partial charge in [0.05, 0.1) is 11.2 Å². The number of hydrogen-bond acceptors (Lipinski definition) is 2. The highest BCUT2D eigenvalue weighted by molar-refractivity contribution is 5.82. The van der Waals surface area contributed by atoms with Crippen molar-refractivity contribution >= 4 is 10.9 Å². The van der Waals surface area contributed by atoms with Gasteiger partial charge in [0, 0.05) is 18.4 Å². The van der Waals surface area contributed by atoms with Gasteiger partial charge in [0.1, 0.15) is 0 Å². The molecule has 2 N–H and O–H groups in total. The number of benzene rings is 1. The van der Waals surface area contributed by atoms with Crippen molar-refractivity contribution in [3.8, 4) is 0 Å². The van der Waals surface area contributed by atoms with Gasteiger partial charge in [0.25, 0.3) is 0 Å². The quantitative estimate of drug-likeness (QED) is 0.821. The van der Waals surface area contributed by atoms with Crippen molar-refractivity contribution in [3.05, 3.63) is 41.6 Å². The number of para-hydroxylation sites is 1. The van der Waals surface area contributed by atoms with Gasteiger partial charge in [0.15, 0.2) is 0 Å². The van der Waals surface area contributed by atoms with Gasteiger partial charge in [-0.05, 0) is 32.9 Å². The van der Waals surface area contributed by atoms with Gasteiger partial charge in [-0.15, -0.1) is 0 Å². The summed E-state index contributed by atoms with van der Waals surface area (Å²) in [5.74, 6) is 0. The predicted octanol–water partition coefficient (Wildman–Crippen LogP) is 2.89. The topological polar surface area (TPSA) is 43.8 Å². The molecule has 18 heavy (non-hydrogen) atoms. The minimum Gasteiger partial charge on any atom is -0.330 e. The lowest BCUT2D eigenvalue weighted by Gasteiger charge is -1.98. The smallest absolute Gasteiger partial charge is 0.0743 e. The molecule has 2 aromatic rings. The molecular weight excluding hydrogens is 222 g/mol. The number of nitrogens with two attached hydrogens (primary N) is 1. The third-order valence-electron chi connectivity index (χ3n) is 3.14. The van der Waals surface area contributed by atoms with Crippen LogP contribution in [0.4, 0.5) is 0 Å². The summed E-state index contributed by atoms with van der Waals surface area (Å²) < 4.78 is 2.07. The summed E-state index contributed by atoms with van der Waals surface area (Å²) in [5.41, 5.74) is 9.25. The average molecular weight is 243 g/mol. The van der Waals surface area contributed by atoms with Crippen LogP contribution < -0.4 is 5.73 Å². The minimum absolute atomic E-state index is 0.710. The molecule has 0 atom stereocenters. The molecule has 0 radical (unpaired) electrons. The van der Waals surface area contributed by atoms with Gasteiger partial charge in [-0.3, -0.25) is 4.68 Å². The first-order valence-electron chi connectivity index (χ1n) is 6.56. The van der Waals surface area contributed by atoms with Crippen molar-refractivity contribution in [3.63, 3.8) is 0 Å².